The molecular weight excluding hydrogens is 238 g/mol. The maximum Gasteiger partial charge on any atom is 0.317 e. The largest absolute Gasteiger partial charge is 0.481 e. The molecule has 1 atom stereocenters. The van der Waals surface area contributed by atoms with E-state index < -0.39 is 5.97 Å². The predicted octanol–water partition coefficient (Wildman–Crippen LogP) is -0.371. The van der Waals surface area contributed by atoms with Gasteiger partial charge in [-0.05, 0) is 12.3 Å². The Morgan fingerprint density at radius 2 is 2.11 bits per heavy atom. The van der Waals surface area contributed by atoms with Gasteiger partial charge in [0.05, 0.1) is 0 Å². The summed E-state index contributed by atoms with van der Waals surface area (Å²) in [5.41, 5.74) is 0. The lowest BCUT2D eigenvalue weighted by molar-refractivity contribution is -0.138. The Morgan fingerprint density at radius 3 is 2.72 bits per heavy atom. The first-order chi connectivity index (χ1) is 8.52. The molecule has 0 aliphatic carbocycles. The second kappa shape index (κ2) is 6.83. The summed E-state index contributed by atoms with van der Waals surface area (Å²) in [6.07, 6.45) is 1.06. The molecule has 0 radical (unpaired) electrons. The normalized spacial score (nSPS) is 18.5. The van der Waals surface area contributed by atoms with Crippen LogP contribution in [-0.4, -0.2) is 54.6 Å². The zero-order chi connectivity index (χ0) is 13.5. The summed E-state index contributed by atoms with van der Waals surface area (Å²) >= 11 is 0. The van der Waals surface area contributed by atoms with Crippen LogP contribution in [0.25, 0.3) is 0 Å². The lowest BCUT2D eigenvalue weighted by Gasteiger charge is -2.16. The number of likely N-dealkylation sites (tertiary alicyclic amines) is 1. The summed E-state index contributed by atoms with van der Waals surface area (Å²) in [4.78, 5) is 34.8. The highest BCUT2D eigenvalue weighted by molar-refractivity contribution is 5.78. The fraction of sp³-hybridized carbons (Fsp3) is 0.727. The van der Waals surface area contributed by atoms with Gasteiger partial charge in [-0.1, -0.05) is 0 Å². The van der Waals surface area contributed by atoms with E-state index in [1.54, 1.807) is 11.9 Å². The van der Waals surface area contributed by atoms with Crippen LogP contribution in [0.5, 0.6) is 0 Å². The molecule has 7 heteroatoms. The summed E-state index contributed by atoms with van der Waals surface area (Å²) < 4.78 is 0. The zero-order valence-corrected chi connectivity index (χ0v) is 10.4. The highest BCUT2D eigenvalue weighted by Gasteiger charge is 2.27. The molecule has 1 unspecified atom stereocenters. The van der Waals surface area contributed by atoms with Crippen molar-refractivity contribution in [2.24, 2.45) is 5.92 Å². The number of carbonyl (C=O) groups excluding carboxylic acids is 2. The molecule has 102 valence electrons. The van der Waals surface area contributed by atoms with E-state index in [4.69, 9.17) is 5.11 Å². The summed E-state index contributed by atoms with van der Waals surface area (Å²) in [5, 5.41) is 13.8. The fourth-order valence-corrected chi connectivity index (χ4v) is 1.95. The lowest BCUT2D eigenvalue weighted by atomic mass is 10.1. The van der Waals surface area contributed by atoms with Gasteiger partial charge in [0.1, 0.15) is 0 Å². The molecule has 18 heavy (non-hydrogen) atoms. The van der Waals surface area contributed by atoms with Crippen LogP contribution in [0.1, 0.15) is 19.3 Å². The highest BCUT2D eigenvalue weighted by Crippen LogP contribution is 2.19. The minimum absolute atomic E-state index is 0.0344. The number of carboxylic acids is 1. The molecule has 0 aromatic carbocycles. The molecule has 1 fully saturated rings. The van der Waals surface area contributed by atoms with Crippen LogP contribution in [0.4, 0.5) is 4.79 Å². The predicted molar refractivity (Wildman–Crippen MR) is 64.0 cm³/mol. The number of aliphatic carboxylic acids is 1. The molecule has 0 saturated carbocycles. The van der Waals surface area contributed by atoms with E-state index in [1.165, 1.54) is 0 Å². The maximum absolute atomic E-state index is 11.7. The van der Waals surface area contributed by atoms with Crippen LogP contribution in [0.15, 0.2) is 0 Å². The van der Waals surface area contributed by atoms with E-state index in [2.05, 4.69) is 10.6 Å². The number of amides is 3. The van der Waals surface area contributed by atoms with Crippen molar-refractivity contribution in [2.45, 2.75) is 19.3 Å². The summed E-state index contributed by atoms with van der Waals surface area (Å²) in [6, 6.07) is -0.230. The van der Waals surface area contributed by atoms with Crippen LogP contribution in [0.3, 0.4) is 0 Å². The Labute approximate surface area is 106 Å². The van der Waals surface area contributed by atoms with Gasteiger partial charge in [-0.25, -0.2) is 4.79 Å². The maximum atomic E-state index is 11.7. The molecule has 1 rings (SSSR count). The Kier molecular flexibility index (Phi) is 5.41. The van der Waals surface area contributed by atoms with Crippen molar-refractivity contribution in [1.29, 1.82) is 0 Å². The van der Waals surface area contributed by atoms with Gasteiger partial charge in [0, 0.05) is 39.5 Å². The van der Waals surface area contributed by atoms with Crippen molar-refractivity contribution in [2.75, 3.05) is 26.7 Å². The van der Waals surface area contributed by atoms with Crippen LogP contribution in [-0.2, 0) is 9.59 Å². The minimum atomic E-state index is -0.832. The number of hydrogen-bond acceptors (Lipinski definition) is 3. The quantitative estimate of drug-likeness (QED) is 0.625. The molecule has 1 heterocycles. The van der Waals surface area contributed by atoms with Crippen molar-refractivity contribution in [3.05, 3.63) is 0 Å². The van der Waals surface area contributed by atoms with E-state index in [9.17, 15) is 14.4 Å². The minimum Gasteiger partial charge on any atom is -0.481 e. The second-order valence-corrected chi connectivity index (χ2v) is 4.35. The molecule has 1 aliphatic heterocycles. The van der Waals surface area contributed by atoms with Crippen LogP contribution in [0.2, 0.25) is 0 Å². The second-order valence-electron chi connectivity index (χ2n) is 4.35. The van der Waals surface area contributed by atoms with Gasteiger partial charge in [0.2, 0.25) is 5.91 Å². The number of nitrogens with one attached hydrogen (secondary N) is 2. The Morgan fingerprint density at radius 1 is 1.39 bits per heavy atom. The molecule has 0 spiro atoms. The zero-order valence-electron chi connectivity index (χ0n) is 10.4. The van der Waals surface area contributed by atoms with E-state index in [1.807, 2.05) is 0 Å². The van der Waals surface area contributed by atoms with Crippen molar-refractivity contribution >= 4 is 17.9 Å². The molecule has 0 aromatic heterocycles. The summed E-state index contributed by atoms with van der Waals surface area (Å²) in [6.45, 7) is 1.33. The van der Waals surface area contributed by atoms with E-state index in [-0.39, 0.29) is 30.7 Å². The SMILES string of the molecule is CNC(=O)CCNC(=O)N1CCC(CC(=O)O)C1. The molecule has 1 saturated heterocycles. The van der Waals surface area contributed by atoms with Crippen LogP contribution in [0, 0.1) is 5.92 Å². The van der Waals surface area contributed by atoms with E-state index >= 15 is 0 Å². The third-order valence-electron chi connectivity index (χ3n) is 2.94. The smallest absolute Gasteiger partial charge is 0.317 e. The number of carbonyl (C=O) groups is 3. The first-order valence-corrected chi connectivity index (χ1v) is 5.98. The van der Waals surface area contributed by atoms with Gasteiger partial charge < -0.3 is 20.6 Å². The molecular formula is C11H19N3O4. The number of urea groups is 1. The van der Waals surface area contributed by atoms with Crippen LogP contribution < -0.4 is 10.6 Å². The third kappa shape index (κ3) is 4.60. The Balaban J connectivity index is 2.23. The Bertz CT molecular complexity index is 332. The van der Waals surface area contributed by atoms with Crippen molar-refractivity contribution in [1.82, 2.24) is 15.5 Å². The topological polar surface area (TPSA) is 98.7 Å². The molecule has 3 amide bonds. The standard InChI is InChI=1S/C11H19N3O4/c1-12-9(15)2-4-13-11(18)14-5-3-8(7-14)6-10(16)17/h8H,2-7H2,1H3,(H,12,15)(H,13,18)(H,16,17). The molecule has 0 bridgehead atoms. The van der Waals surface area contributed by atoms with Gasteiger partial charge >= 0.3 is 12.0 Å². The number of hydrogen-bond donors (Lipinski definition) is 3. The van der Waals surface area contributed by atoms with Gasteiger partial charge in [-0.15, -0.1) is 0 Å². The molecule has 7 nitrogen and oxygen atoms in total. The summed E-state index contributed by atoms with van der Waals surface area (Å²) in [7, 11) is 1.54. The fourth-order valence-electron chi connectivity index (χ4n) is 1.95. The molecule has 0 aromatic rings. The molecule has 1 aliphatic rings. The average Bonchev–Trinajstić information content (AvgIpc) is 2.76. The third-order valence-corrected chi connectivity index (χ3v) is 2.94. The van der Waals surface area contributed by atoms with E-state index in [0.717, 1.165) is 6.42 Å². The number of rotatable bonds is 5. The number of nitrogens with zero attached hydrogens (tertiary/aromatic N) is 1. The first kappa shape index (κ1) is 14.3. The van der Waals surface area contributed by atoms with Gasteiger partial charge in [-0.2, -0.15) is 0 Å². The lowest BCUT2D eigenvalue weighted by Crippen LogP contribution is -2.40. The molecule has 3 N–H and O–H groups in total. The summed E-state index contributed by atoms with van der Waals surface area (Å²) in [5.74, 6) is -0.922. The monoisotopic (exact) mass is 257 g/mol. The Hall–Kier alpha value is -1.79. The van der Waals surface area contributed by atoms with Crippen LogP contribution >= 0.6 is 0 Å². The average molecular weight is 257 g/mol. The van der Waals surface area contributed by atoms with Crippen molar-refractivity contribution in [3.63, 3.8) is 0 Å². The first-order valence-electron chi connectivity index (χ1n) is 5.98. The van der Waals surface area contributed by atoms with Gasteiger partial charge in [0.25, 0.3) is 0 Å². The van der Waals surface area contributed by atoms with Gasteiger partial charge in [0.15, 0.2) is 0 Å². The van der Waals surface area contributed by atoms with Gasteiger partial charge in [-0.3, -0.25) is 9.59 Å². The van der Waals surface area contributed by atoms with Crippen molar-refractivity contribution in [3.8, 4) is 0 Å². The highest BCUT2D eigenvalue weighted by atomic mass is 16.4. The number of carboxylic acid groups (broad SMARTS) is 1. The van der Waals surface area contributed by atoms with E-state index in [0.29, 0.717) is 19.6 Å². The van der Waals surface area contributed by atoms with Crippen molar-refractivity contribution < 1.29 is 19.5 Å².